The highest BCUT2D eigenvalue weighted by molar-refractivity contribution is 7.99. The Kier molecular flexibility index (Phi) is 7.18. The van der Waals surface area contributed by atoms with Gasteiger partial charge in [-0.15, -0.1) is 0 Å². The number of aliphatic hydroxyl groups is 1. The van der Waals surface area contributed by atoms with E-state index in [0.717, 1.165) is 31.9 Å². The van der Waals surface area contributed by atoms with Gasteiger partial charge in [0.1, 0.15) is 0 Å². The Morgan fingerprint density at radius 2 is 1.89 bits per heavy atom. The summed E-state index contributed by atoms with van der Waals surface area (Å²) < 4.78 is 0. The summed E-state index contributed by atoms with van der Waals surface area (Å²) in [7, 11) is 0. The van der Waals surface area contributed by atoms with Gasteiger partial charge < -0.3 is 10.0 Å². The lowest BCUT2D eigenvalue weighted by Gasteiger charge is -2.37. The van der Waals surface area contributed by atoms with Crippen molar-refractivity contribution in [1.82, 2.24) is 9.80 Å². The number of piperazine rings is 1. The van der Waals surface area contributed by atoms with Crippen LogP contribution in [0.4, 0.5) is 0 Å². The third-order valence-electron chi connectivity index (χ3n) is 3.20. The molecule has 1 aliphatic rings. The summed E-state index contributed by atoms with van der Waals surface area (Å²) in [5.41, 5.74) is -0.651. The van der Waals surface area contributed by atoms with Gasteiger partial charge in [0.2, 0.25) is 5.91 Å². The summed E-state index contributed by atoms with van der Waals surface area (Å²) in [4.78, 5) is 16.2. The largest absolute Gasteiger partial charge is 0.389 e. The number of carbonyl (C=O) groups is 1. The SMILES string of the molecule is CCCCSCC(=O)N1CCN(CC(C)(C)O)CC1. The molecule has 0 spiro atoms. The molecule has 0 unspecified atom stereocenters. The number of carbonyl (C=O) groups excluding carboxylic acids is 1. The first-order valence-electron chi connectivity index (χ1n) is 7.22. The maximum absolute atomic E-state index is 12.0. The zero-order valence-corrected chi connectivity index (χ0v) is 13.3. The molecule has 112 valence electrons. The van der Waals surface area contributed by atoms with E-state index in [1.54, 1.807) is 11.8 Å². The fourth-order valence-electron chi connectivity index (χ4n) is 2.20. The summed E-state index contributed by atoms with van der Waals surface area (Å²) in [6, 6.07) is 0. The second-order valence-electron chi connectivity index (χ2n) is 5.88. The minimum atomic E-state index is -0.651. The maximum Gasteiger partial charge on any atom is 0.232 e. The lowest BCUT2D eigenvalue weighted by Crippen LogP contribution is -2.52. The summed E-state index contributed by atoms with van der Waals surface area (Å²) in [5, 5.41) is 9.79. The maximum atomic E-state index is 12.0. The number of β-amino-alcohol motifs (C(OH)–C–C–N with tert-alkyl or cyclic N) is 1. The van der Waals surface area contributed by atoms with Gasteiger partial charge >= 0.3 is 0 Å². The van der Waals surface area contributed by atoms with E-state index in [2.05, 4.69) is 11.8 Å². The van der Waals surface area contributed by atoms with Crippen LogP contribution in [0.2, 0.25) is 0 Å². The molecule has 1 aliphatic heterocycles. The van der Waals surface area contributed by atoms with Crippen LogP contribution < -0.4 is 0 Å². The van der Waals surface area contributed by atoms with Gasteiger partial charge in [-0.25, -0.2) is 0 Å². The molecule has 1 fully saturated rings. The first-order valence-corrected chi connectivity index (χ1v) is 8.38. The van der Waals surface area contributed by atoms with Crippen LogP contribution in [0.3, 0.4) is 0 Å². The van der Waals surface area contributed by atoms with Gasteiger partial charge in [0, 0.05) is 32.7 Å². The number of amides is 1. The van der Waals surface area contributed by atoms with E-state index in [1.165, 1.54) is 12.8 Å². The topological polar surface area (TPSA) is 43.8 Å². The van der Waals surface area contributed by atoms with E-state index >= 15 is 0 Å². The minimum absolute atomic E-state index is 0.268. The molecule has 5 heteroatoms. The summed E-state index contributed by atoms with van der Waals surface area (Å²) in [5.74, 6) is 1.97. The van der Waals surface area contributed by atoms with E-state index in [1.807, 2.05) is 18.7 Å². The van der Waals surface area contributed by atoms with Gasteiger partial charge in [0.15, 0.2) is 0 Å². The zero-order valence-electron chi connectivity index (χ0n) is 12.5. The van der Waals surface area contributed by atoms with E-state index in [-0.39, 0.29) is 5.91 Å². The fraction of sp³-hybridized carbons (Fsp3) is 0.929. The Morgan fingerprint density at radius 1 is 1.26 bits per heavy atom. The van der Waals surface area contributed by atoms with Crippen molar-refractivity contribution in [3.05, 3.63) is 0 Å². The third-order valence-corrected chi connectivity index (χ3v) is 4.23. The standard InChI is InChI=1S/C14H28N2O2S/c1-4-5-10-19-11-13(17)16-8-6-15(7-9-16)12-14(2,3)18/h18H,4-12H2,1-3H3. The number of hydrogen-bond donors (Lipinski definition) is 1. The van der Waals surface area contributed by atoms with Gasteiger partial charge in [-0.2, -0.15) is 11.8 Å². The first kappa shape index (κ1) is 16.8. The Morgan fingerprint density at radius 3 is 2.42 bits per heavy atom. The molecule has 1 amide bonds. The summed E-state index contributed by atoms with van der Waals surface area (Å²) in [6.45, 7) is 9.84. The monoisotopic (exact) mass is 288 g/mol. The molecule has 0 aromatic rings. The molecule has 0 radical (unpaired) electrons. The van der Waals surface area contributed by atoms with Crippen molar-refractivity contribution in [3.63, 3.8) is 0 Å². The normalized spacial score (nSPS) is 17.8. The Labute approximate surface area is 121 Å². The second kappa shape index (κ2) is 8.12. The average molecular weight is 288 g/mol. The van der Waals surface area contributed by atoms with Crippen LogP contribution >= 0.6 is 11.8 Å². The highest BCUT2D eigenvalue weighted by atomic mass is 32.2. The second-order valence-corrected chi connectivity index (χ2v) is 6.98. The Bertz CT molecular complexity index is 271. The van der Waals surface area contributed by atoms with Gasteiger partial charge in [-0.3, -0.25) is 9.69 Å². The Hall–Kier alpha value is -0.260. The molecule has 1 heterocycles. The van der Waals surface area contributed by atoms with Gasteiger partial charge in [0.05, 0.1) is 11.4 Å². The lowest BCUT2D eigenvalue weighted by atomic mass is 10.1. The van der Waals surface area contributed by atoms with Gasteiger partial charge in [0.25, 0.3) is 0 Å². The van der Waals surface area contributed by atoms with Crippen molar-refractivity contribution in [2.75, 3.05) is 44.2 Å². The fourth-order valence-corrected chi connectivity index (χ4v) is 3.19. The molecule has 0 aliphatic carbocycles. The predicted octanol–water partition coefficient (Wildman–Crippen LogP) is 1.43. The van der Waals surface area contributed by atoms with Crippen LogP contribution in [0, 0.1) is 0 Å². The molecule has 4 nitrogen and oxygen atoms in total. The quantitative estimate of drug-likeness (QED) is 0.720. The van der Waals surface area contributed by atoms with Gasteiger partial charge in [-0.05, 0) is 26.0 Å². The molecule has 0 aromatic heterocycles. The predicted molar refractivity (Wildman–Crippen MR) is 81.6 cm³/mol. The average Bonchev–Trinajstić information content (AvgIpc) is 2.33. The van der Waals surface area contributed by atoms with Crippen molar-refractivity contribution in [1.29, 1.82) is 0 Å². The molecule has 1 rings (SSSR count). The molecule has 0 atom stereocenters. The number of unbranched alkanes of at least 4 members (excludes halogenated alkanes) is 1. The number of hydrogen-bond acceptors (Lipinski definition) is 4. The number of thioether (sulfide) groups is 1. The molecule has 0 aromatic carbocycles. The highest BCUT2D eigenvalue weighted by Gasteiger charge is 2.24. The van der Waals surface area contributed by atoms with Crippen LogP contribution in [0.5, 0.6) is 0 Å². The van der Waals surface area contributed by atoms with Crippen molar-refractivity contribution < 1.29 is 9.90 Å². The molecular formula is C14H28N2O2S. The van der Waals surface area contributed by atoms with Crippen LogP contribution in [0.25, 0.3) is 0 Å². The summed E-state index contributed by atoms with van der Waals surface area (Å²) >= 11 is 1.75. The van der Waals surface area contributed by atoms with Gasteiger partial charge in [-0.1, -0.05) is 13.3 Å². The minimum Gasteiger partial charge on any atom is -0.389 e. The molecule has 0 saturated carbocycles. The first-order chi connectivity index (χ1) is 8.92. The van der Waals surface area contributed by atoms with E-state index in [0.29, 0.717) is 12.3 Å². The number of nitrogens with zero attached hydrogens (tertiary/aromatic N) is 2. The molecule has 0 bridgehead atoms. The van der Waals surface area contributed by atoms with E-state index < -0.39 is 5.60 Å². The van der Waals surface area contributed by atoms with E-state index in [4.69, 9.17) is 0 Å². The van der Waals surface area contributed by atoms with E-state index in [9.17, 15) is 9.90 Å². The van der Waals surface area contributed by atoms with Crippen LogP contribution in [0.15, 0.2) is 0 Å². The van der Waals surface area contributed by atoms with Crippen molar-refractivity contribution in [2.24, 2.45) is 0 Å². The lowest BCUT2D eigenvalue weighted by molar-refractivity contribution is -0.130. The highest BCUT2D eigenvalue weighted by Crippen LogP contribution is 2.11. The number of rotatable bonds is 7. The summed E-state index contributed by atoms with van der Waals surface area (Å²) in [6.07, 6.45) is 2.38. The molecular weight excluding hydrogens is 260 g/mol. The van der Waals surface area contributed by atoms with Crippen molar-refractivity contribution >= 4 is 17.7 Å². The zero-order chi connectivity index (χ0) is 14.3. The van der Waals surface area contributed by atoms with Crippen LogP contribution in [-0.4, -0.2) is 70.6 Å². The smallest absolute Gasteiger partial charge is 0.232 e. The molecule has 1 N–H and O–H groups in total. The molecule has 1 saturated heterocycles. The van der Waals surface area contributed by atoms with Crippen LogP contribution in [-0.2, 0) is 4.79 Å². The van der Waals surface area contributed by atoms with Crippen LogP contribution in [0.1, 0.15) is 33.6 Å². The van der Waals surface area contributed by atoms with Crippen molar-refractivity contribution in [2.45, 2.75) is 39.2 Å². The Balaban J connectivity index is 2.20. The van der Waals surface area contributed by atoms with Crippen molar-refractivity contribution in [3.8, 4) is 0 Å². The molecule has 19 heavy (non-hydrogen) atoms. The third kappa shape index (κ3) is 7.18.